The molecule has 0 bridgehead atoms. The zero-order valence-electron chi connectivity index (χ0n) is 14.8. The molecule has 2 aliphatic heterocycles. The smallest absolute Gasteiger partial charge is 0.340 e. The molecule has 0 saturated heterocycles. The number of fused-ring (bicyclic) bond motifs is 6. The molecule has 6 N–H and O–H groups in total. The Morgan fingerprint density at radius 3 is 2.00 bits per heavy atom. The summed E-state index contributed by atoms with van der Waals surface area (Å²) in [5.41, 5.74) is 13.5. The number of phenols is 2. The maximum Gasteiger partial charge on any atom is 0.340 e. The Morgan fingerprint density at radius 1 is 0.857 bits per heavy atom. The number of rotatable bonds is 0. The Kier molecular flexibility index (Phi) is 2.97. The number of nitrogen functional groups attached to an aromatic ring is 2. The molecule has 0 aromatic heterocycles. The minimum Gasteiger partial charge on any atom is -0.506 e. The van der Waals surface area contributed by atoms with Crippen molar-refractivity contribution in [1.29, 1.82) is 0 Å². The maximum atomic E-state index is 12.9. The van der Waals surface area contributed by atoms with Crippen LogP contribution in [0.3, 0.4) is 0 Å². The lowest BCUT2D eigenvalue weighted by atomic mass is 9.76. The van der Waals surface area contributed by atoms with Gasteiger partial charge in [0.25, 0.3) is 0 Å². The van der Waals surface area contributed by atoms with Crippen LogP contribution >= 0.6 is 0 Å². The summed E-state index contributed by atoms with van der Waals surface area (Å²) in [6.07, 6.45) is 0. The van der Waals surface area contributed by atoms with Crippen LogP contribution in [0.4, 0.5) is 11.4 Å². The second-order valence-electron chi connectivity index (χ2n) is 6.92. The van der Waals surface area contributed by atoms with E-state index in [4.69, 9.17) is 20.9 Å². The quantitative estimate of drug-likeness (QED) is 0.269. The van der Waals surface area contributed by atoms with Gasteiger partial charge < -0.3 is 31.2 Å². The van der Waals surface area contributed by atoms with Gasteiger partial charge in [-0.1, -0.05) is 18.2 Å². The van der Waals surface area contributed by atoms with Gasteiger partial charge in [-0.15, -0.1) is 0 Å². The van der Waals surface area contributed by atoms with Gasteiger partial charge in [-0.25, -0.2) is 4.79 Å². The molecular weight excluding hydrogens is 360 g/mol. The van der Waals surface area contributed by atoms with Crippen LogP contribution in [0, 0.1) is 6.92 Å². The molecule has 7 nitrogen and oxygen atoms in total. The van der Waals surface area contributed by atoms with Gasteiger partial charge in [0.2, 0.25) is 0 Å². The number of aromatic hydroxyl groups is 2. The number of esters is 1. The Balaban J connectivity index is 1.97. The summed E-state index contributed by atoms with van der Waals surface area (Å²) < 4.78 is 11.9. The van der Waals surface area contributed by atoms with Crippen molar-refractivity contribution in [2.75, 3.05) is 11.5 Å². The molecular formula is C21H16N2O5. The van der Waals surface area contributed by atoms with Crippen LogP contribution in [-0.2, 0) is 10.3 Å². The van der Waals surface area contributed by atoms with Crippen molar-refractivity contribution in [3.63, 3.8) is 0 Å². The third-order valence-corrected chi connectivity index (χ3v) is 5.41. The monoisotopic (exact) mass is 376 g/mol. The van der Waals surface area contributed by atoms with E-state index in [-0.39, 0.29) is 34.4 Å². The van der Waals surface area contributed by atoms with E-state index in [2.05, 4.69) is 0 Å². The van der Waals surface area contributed by atoms with Crippen LogP contribution in [-0.4, -0.2) is 16.2 Å². The Hall–Kier alpha value is -3.87. The molecule has 28 heavy (non-hydrogen) atoms. The van der Waals surface area contributed by atoms with Crippen molar-refractivity contribution in [3.8, 4) is 23.0 Å². The first-order valence-electron chi connectivity index (χ1n) is 8.61. The van der Waals surface area contributed by atoms with Crippen LogP contribution < -0.4 is 16.2 Å². The van der Waals surface area contributed by atoms with Crippen LogP contribution in [0.15, 0.2) is 42.5 Å². The van der Waals surface area contributed by atoms with E-state index in [1.54, 1.807) is 18.2 Å². The molecule has 3 aromatic rings. The molecule has 0 atom stereocenters. The highest BCUT2D eigenvalue weighted by molar-refractivity contribution is 5.99. The number of carbonyl (C=O) groups excluding carboxylic acids is 1. The minimum absolute atomic E-state index is 0.0116. The zero-order chi connectivity index (χ0) is 19.8. The van der Waals surface area contributed by atoms with Gasteiger partial charge >= 0.3 is 5.97 Å². The SMILES string of the molecule is Cc1cccc2c1C(=O)OC21c2ccc(O)c(N)c2Oc2c1ccc(O)c2N. The Bertz CT molecular complexity index is 1140. The lowest BCUT2D eigenvalue weighted by Crippen LogP contribution is -2.33. The third-order valence-electron chi connectivity index (χ3n) is 5.41. The molecule has 0 aliphatic carbocycles. The van der Waals surface area contributed by atoms with Gasteiger partial charge in [0.05, 0.1) is 16.7 Å². The third kappa shape index (κ3) is 1.75. The molecule has 0 saturated carbocycles. The Labute approximate surface area is 159 Å². The van der Waals surface area contributed by atoms with Crippen LogP contribution in [0.1, 0.15) is 32.6 Å². The van der Waals surface area contributed by atoms with Crippen molar-refractivity contribution < 1.29 is 24.5 Å². The number of carbonyl (C=O) groups is 1. The second-order valence-corrected chi connectivity index (χ2v) is 6.92. The van der Waals surface area contributed by atoms with Gasteiger partial charge in [-0.05, 0) is 36.8 Å². The number of hydrogen-bond donors (Lipinski definition) is 4. The van der Waals surface area contributed by atoms with E-state index in [1.165, 1.54) is 12.1 Å². The average molecular weight is 376 g/mol. The first-order chi connectivity index (χ1) is 13.4. The molecule has 1 spiro atoms. The molecule has 0 fully saturated rings. The summed E-state index contributed by atoms with van der Waals surface area (Å²) in [6.45, 7) is 1.83. The molecule has 2 aliphatic rings. The van der Waals surface area contributed by atoms with Gasteiger partial charge in [0.1, 0.15) is 22.9 Å². The number of aryl methyl sites for hydroxylation is 1. The van der Waals surface area contributed by atoms with E-state index < -0.39 is 11.6 Å². The van der Waals surface area contributed by atoms with Crippen molar-refractivity contribution in [3.05, 3.63) is 70.3 Å². The topological polar surface area (TPSA) is 128 Å². The molecule has 0 amide bonds. The summed E-state index contributed by atoms with van der Waals surface area (Å²) >= 11 is 0. The van der Waals surface area contributed by atoms with Gasteiger partial charge in [0, 0.05) is 5.56 Å². The predicted octanol–water partition coefficient (Wildman–Crippen LogP) is 3.14. The first-order valence-corrected chi connectivity index (χ1v) is 8.61. The highest BCUT2D eigenvalue weighted by Crippen LogP contribution is 2.60. The van der Waals surface area contributed by atoms with Crippen molar-refractivity contribution in [2.45, 2.75) is 12.5 Å². The molecule has 140 valence electrons. The molecule has 3 aromatic carbocycles. The van der Waals surface area contributed by atoms with Gasteiger partial charge in [0.15, 0.2) is 17.1 Å². The molecule has 2 heterocycles. The molecule has 5 rings (SSSR count). The van der Waals surface area contributed by atoms with E-state index in [9.17, 15) is 15.0 Å². The second kappa shape index (κ2) is 5.10. The summed E-state index contributed by atoms with van der Waals surface area (Å²) in [7, 11) is 0. The molecule has 7 heteroatoms. The van der Waals surface area contributed by atoms with Gasteiger partial charge in [-0.3, -0.25) is 0 Å². The fourth-order valence-electron chi connectivity index (χ4n) is 4.08. The zero-order valence-corrected chi connectivity index (χ0v) is 14.8. The number of anilines is 2. The Morgan fingerprint density at radius 2 is 1.43 bits per heavy atom. The summed E-state index contributed by atoms with van der Waals surface area (Å²) in [4.78, 5) is 12.9. The normalized spacial score (nSPS) is 15.4. The first kappa shape index (κ1) is 16.3. The van der Waals surface area contributed by atoms with Gasteiger partial charge in [-0.2, -0.15) is 0 Å². The van der Waals surface area contributed by atoms with E-state index in [0.29, 0.717) is 22.3 Å². The standard InChI is InChI=1S/C21H16N2O5/c1-9-3-2-4-10-15(9)20(26)28-21(10)11-5-7-13(24)16(22)18(11)27-19-12(21)6-8-14(25)17(19)23/h2-8,24-25H,22-23H2,1H3. The highest BCUT2D eigenvalue weighted by atomic mass is 16.6. The fraction of sp³-hybridized carbons (Fsp3) is 0.0952. The summed E-state index contributed by atoms with van der Waals surface area (Å²) in [5, 5.41) is 20.2. The van der Waals surface area contributed by atoms with Crippen LogP contribution in [0.2, 0.25) is 0 Å². The molecule has 0 radical (unpaired) electrons. The van der Waals surface area contributed by atoms with E-state index in [0.717, 1.165) is 5.56 Å². The number of nitrogens with two attached hydrogens (primary N) is 2. The predicted molar refractivity (Wildman–Crippen MR) is 102 cm³/mol. The number of benzene rings is 3. The van der Waals surface area contributed by atoms with Crippen molar-refractivity contribution in [1.82, 2.24) is 0 Å². The van der Waals surface area contributed by atoms with Crippen molar-refractivity contribution >= 4 is 17.3 Å². The average Bonchev–Trinajstić information content (AvgIpc) is 2.96. The minimum atomic E-state index is -1.36. The number of hydrogen-bond acceptors (Lipinski definition) is 7. The maximum absolute atomic E-state index is 12.9. The largest absolute Gasteiger partial charge is 0.506 e. The van der Waals surface area contributed by atoms with E-state index in [1.807, 2.05) is 19.1 Å². The van der Waals surface area contributed by atoms with Crippen LogP contribution in [0.25, 0.3) is 0 Å². The van der Waals surface area contributed by atoms with E-state index >= 15 is 0 Å². The fourth-order valence-corrected chi connectivity index (χ4v) is 4.08. The molecule has 0 unspecified atom stereocenters. The summed E-state index contributed by atoms with van der Waals surface area (Å²) in [5.74, 6) is -0.571. The number of phenolic OH excluding ortho intramolecular Hbond substituents is 2. The lowest BCUT2D eigenvalue weighted by Gasteiger charge is -2.37. The number of ether oxygens (including phenoxy) is 2. The highest BCUT2D eigenvalue weighted by Gasteiger charge is 2.55. The lowest BCUT2D eigenvalue weighted by molar-refractivity contribution is 0.0224. The summed E-state index contributed by atoms with van der Waals surface area (Å²) in [6, 6.07) is 11.5. The van der Waals surface area contributed by atoms with Crippen molar-refractivity contribution in [2.24, 2.45) is 0 Å². The van der Waals surface area contributed by atoms with Crippen LogP contribution in [0.5, 0.6) is 23.0 Å².